The van der Waals surface area contributed by atoms with E-state index in [1.807, 2.05) is 31.2 Å². The third-order valence-electron chi connectivity index (χ3n) is 3.78. The molecule has 20 heavy (non-hydrogen) atoms. The minimum atomic E-state index is -0.517. The van der Waals surface area contributed by atoms with E-state index in [1.165, 1.54) is 0 Å². The lowest BCUT2D eigenvalue weighted by Gasteiger charge is -2.32. The summed E-state index contributed by atoms with van der Waals surface area (Å²) in [6, 6.07) is 7.52. The molecule has 3 N–H and O–H groups in total. The number of fused-ring (bicyclic) bond motifs is 1. The summed E-state index contributed by atoms with van der Waals surface area (Å²) < 4.78 is 0. The van der Waals surface area contributed by atoms with Crippen molar-refractivity contribution in [1.29, 1.82) is 0 Å². The molecule has 3 unspecified atom stereocenters. The largest absolute Gasteiger partial charge is 0.382 e. The van der Waals surface area contributed by atoms with Gasteiger partial charge in [-0.25, -0.2) is 0 Å². The Bertz CT molecular complexity index is 516. The average Bonchev–Trinajstić information content (AvgIpc) is 2.45. The van der Waals surface area contributed by atoms with E-state index in [0.29, 0.717) is 6.42 Å². The van der Waals surface area contributed by atoms with Gasteiger partial charge in [-0.3, -0.25) is 9.59 Å². The van der Waals surface area contributed by atoms with E-state index < -0.39 is 6.04 Å². The van der Waals surface area contributed by atoms with Crippen LogP contribution in [0.3, 0.4) is 0 Å². The Hall–Kier alpha value is -2.04. The lowest BCUT2D eigenvalue weighted by molar-refractivity contribution is -0.130. The van der Waals surface area contributed by atoms with E-state index in [0.717, 1.165) is 11.3 Å². The third kappa shape index (κ3) is 2.92. The Morgan fingerprint density at radius 2 is 2.05 bits per heavy atom. The summed E-state index contributed by atoms with van der Waals surface area (Å²) in [4.78, 5) is 23.8. The van der Waals surface area contributed by atoms with Gasteiger partial charge in [-0.05, 0) is 31.9 Å². The molecule has 108 valence electrons. The van der Waals surface area contributed by atoms with Gasteiger partial charge >= 0.3 is 0 Å². The number of carbonyl (C=O) groups excluding carboxylic acids is 2. The molecule has 1 heterocycles. The van der Waals surface area contributed by atoms with Gasteiger partial charge in [-0.15, -0.1) is 0 Å². The van der Waals surface area contributed by atoms with Crippen LogP contribution in [0.15, 0.2) is 24.3 Å². The maximum atomic E-state index is 12.3. The Kier molecular flexibility index (Phi) is 4.27. The zero-order chi connectivity index (χ0) is 14.7. The molecule has 0 aromatic heterocycles. The SMILES string of the molecule is CNC(=O)C(C)NC(=O)C1Cc2ccccc2NC1C. The van der Waals surface area contributed by atoms with Crippen LogP contribution in [-0.4, -0.2) is 30.9 Å². The van der Waals surface area contributed by atoms with Crippen LogP contribution < -0.4 is 16.0 Å². The van der Waals surface area contributed by atoms with Crippen LogP contribution in [0.5, 0.6) is 0 Å². The highest BCUT2D eigenvalue weighted by Gasteiger charge is 2.31. The number of likely N-dealkylation sites (N-methyl/N-ethyl adjacent to an activating group) is 1. The minimum absolute atomic E-state index is 0.0433. The summed E-state index contributed by atoms with van der Waals surface area (Å²) in [6.07, 6.45) is 0.691. The third-order valence-corrected chi connectivity index (χ3v) is 3.78. The van der Waals surface area contributed by atoms with Gasteiger partial charge < -0.3 is 16.0 Å². The molecule has 1 aromatic rings. The van der Waals surface area contributed by atoms with Crippen molar-refractivity contribution in [1.82, 2.24) is 10.6 Å². The van der Waals surface area contributed by atoms with E-state index in [9.17, 15) is 9.59 Å². The van der Waals surface area contributed by atoms with Gasteiger partial charge in [0.15, 0.2) is 0 Å². The minimum Gasteiger partial charge on any atom is -0.382 e. The van der Waals surface area contributed by atoms with Crippen molar-refractivity contribution in [3.63, 3.8) is 0 Å². The maximum absolute atomic E-state index is 12.3. The molecule has 1 aliphatic heterocycles. The Labute approximate surface area is 119 Å². The normalized spacial score (nSPS) is 22.1. The predicted molar refractivity (Wildman–Crippen MR) is 78.4 cm³/mol. The molecule has 0 saturated carbocycles. The lowest BCUT2D eigenvalue weighted by Crippen LogP contribution is -2.50. The first kappa shape index (κ1) is 14.4. The van der Waals surface area contributed by atoms with Gasteiger partial charge in [0.25, 0.3) is 0 Å². The number of carbonyl (C=O) groups is 2. The molecular weight excluding hydrogens is 254 g/mol. The lowest BCUT2D eigenvalue weighted by atomic mass is 9.87. The molecule has 0 saturated heterocycles. The number of hydrogen-bond donors (Lipinski definition) is 3. The first-order valence-electron chi connectivity index (χ1n) is 6.89. The van der Waals surface area contributed by atoms with Crippen LogP contribution in [0.2, 0.25) is 0 Å². The summed E-state index contributed by atoms with van der Waals surface area (Å²) in [5, 5.41) is 8.65. The Morgan fingerprint density at radius 1 is 1.35 bits per heavy atom. The highest BCUT2D eigenvalue weighted by Crippen LogP contribution is 2.28. The summed E-state index contributed by atoms with van der Waals surface area (Å²) in [7, 11) is 1.56. The molecule has 0 fully saturated rings. The first-order chi connectivity index (χ1) is 9.52. The summed E-state index contributed by atoms with van der Waals surface area (Å²) in [6.45, 7) is 3.68. The highest BCUT2D eigenvalue weighted by molar-refractivity contribution is 5.89. The van der Waals surface area contributed by atoms with Crippen LogP contribution >= 0.6 is 0 Å². The van der Waals surface area contributed by atoms with Gasteiger partial charge in [-0.1, -0.05) is 18.2 Å². The first-order valence-corrected chi connectivity index (χ1v) is 6.89. The number of nitrogens with one attached hydrogen (secondary N) is 3. The zero-order valence-corrected chi connectivity index (χ0v) is 12.1. The number of rotatable bonds is 3. The molecule has 5 heteroatoms. The maximum Gasteiger partial charge on any atom is 0.242 e. The van der Waals surface area contributed by atoms with Crippen molar-refractivity contribution in [2.75, 3.05) is 12.4 Å². The van der Waals surface area contributed by atoms with Crippen LogP contribution in [0.4, 0.5) is 5.69 Å². The molecule has 0 spiro atoms. The molecule has 5 nitrogen and oxygen atoms in total. The summed E-state index contributed by atoms with van der Waals surface area (Å²) in [5.74, 6) is -0.442. The molecule has 2 amide bonds. The van der Waals surface area contributed by atoms with Crippen molar-refractivity contribution in [2.24, 2.45) is 5.92 Å². The monoisotopic (exact) mass is 275 g/mol. The number of hydrogen-bond acceptors (Lipinski definition) is 3. The fraction of sp³-hybridized carbons (Fsp3) is 0.467. The number of anilines is 1. The average molecular weight is 275 g/mol. The van der Waals surface area contributed by atoms with Gasteiger partial charge in [-0.2, -0.15) is 0 Å². The fourth-order valence-electron chi connectivity index (χ4n) is 2.52. The van der Waals surface area contributed by atoms with Crippen molar-refractivity contribution < 1.29 is 9.59 Å². The Morgan fingerprint density at radius 3 is 2.75 bits per heavy atom. The van der Waals surface area contributed by atoms with Gasteiger partial charge in [0.05, 0.1) is 5.92 Å². The molecule has 0 radical (unpaired) electrons. The molecule has 1 aromatic carbocycles. The molecule has 1 aliphatic rings. The molecule has 0 aliphatic carbocycles. The van der Waals surface area contributed by atoms with Gasteiger partial charge in [0.1, 0.15) is 6.04 Å². The van der Waals surface area contributed by atoms with Crippen molar-refractivity contribution in [2.45, 2.75) is 32.4 Å². The van der Waals surface area contributed by atoms with Crippen LogP contribution in [0.25, 0.3) is 0 Å². The molecule has 3 atom stereocenters. The van der Waals surface area contributed by atoms with E-state index in [4.69, 9.17) is 0 Å². The second-order valence-corrected chi connectivity index (χ2v) is 5.25. The number of para-hydroxylation sites is 1. The van der Waals surface area contributed by atoms with Crippen molar-refractivity contribution in [3.05, 3.63) is 29.8 Å². The summed E-state index contributed by atoms with van der Waals surface area (Å²) in [5.41, 5.74) is 2.22. The predicted octanol–water partition coefficient (Wildman–Crippen LogP) is 0.910. The van der Waals surface area contributed by atoms with E-state index in [1.54, 1.807) is 14.0 Å². The van der Waals surface area contributed by atoms with E-state index >= 15 is 0 Å². The number of amides is 2. The smallest absolute Gasteiger partial charge is 0.242 e. The second-order valence-electron chi connectivity index (χ2n) is 5.25. The van der Waals surface area contributed by atoms with E-state index in [-0.39, 0.29) is 23.8 Å². The van der Waals surface area contributed by atoms with E-state index in [2.05, 4.69) is 16.0 Å². The number of benzene rings is 1. The van der Waals surface area contributed by atoms with Crippen LogP contribution in [-0.2, 0) is 16.0 Å². The molecular formula is C15H21N3O2. The van der Waals surface area contributed by atoms with Gasteiger partial charge in [0, 0.05) is 18.8 Å². The van der Waals surface area contributed by atoms with Crippen LogP contribution in [0.1, 0.15) is 19.4 Å². The fourth-order valence-corrected chi connectivity index (χ4v) is 2.52. The van der Waals surface area contributed by atoms with Gasteiger partial charge in [0.2, 0.25) is 11.8 Å². The van der Waals surface area contributed by atoms with Crippen molar-refractivity contribution >= 4 is 17.5 Å². The Balaban J connectivity index is 2.06. The topological polar surface area (TPSA) is 70.2 Å². The molecule has 2 rings (SSSR count). The van der Waals surface area contributed by atoms with Crippen molar-refractivity contribution in [3.8, 4) is 0 Å². The molecule has 0 bridgehead atoms. The quantitative estimate of drug-likeness (QED) is 0.768. The summed E-state index contributed by atoms with van der Waals surface area (Å²) >= 11 is 0. The second kappa shape index (κ2) is 5.94. The standard InChI is InChI=1S/C15H21N3O2/c1-9-12(15(20)18-10(2)14(19)16-3)8-11-6-4-5-7-13(11)17-9/h4-7,9-10,12,17H,8H2,1-3H3,(H,16,19)(H,18,20). The highest BCUT2D eigenvalue weighted by atomic mass is 16.2. The zero-order valence-electron chi connectivity index (χ0n) is 12.1. The van der Waals surface area contributed by atoms with Crippen LogP contribution in [0, 0.1) is 5.92 Å².